The highest BCUT2D eigenvalue weighted by atomic mass is 19.3. The summed E-state index contributed by atoms with van der Waals surface area (Å²) in [6.07, 6.45) is 0.482. The van der Waals surface area contributed by atoms with E-state index in [9.17, 15) is 28.4 Å². The first kappa shape index (κ1) is 21.8. The van der Waals surface area contributed by atoms with Crippen molar-refractivity contribution in [3.63, 3.8) is 0 Å². The number of nitrogens with zero attached hydrogens (tertiary/aromatic N) is 1. The van der Waals surface area contributed by atoms with Gasteiger partial charge in [0.15, 0.2) is 0 Å². The number of alkyl halides is 2. The molecule has 0 saturated carbocycles. The third-order valence-corrected chi connectivity index (χ3v) is 4.87. The van der Waals surface area contributed by atoms with E-state index in [1.165, 1.54) is 6.26 Å². The maximum Gasteiger partial charge on any atom is 0.453 e. The second-order valence-electron chi connectivity index (χ2n) is 7.08. The van der Waals surface area contributed by atoms with Gasteiger partial charge in [0, 0.05) is 23.7 Å². The van der Waals surface area contributed by atoms with Crippen LogP contribution in [0.5, 0.6) is 0 Å². The molecule has 0 bridgehead atoms. The van der Waals surface area contributed by atoms with Gasteiger partial charge in [-0.05, 0) is 12.1 Å². The zero-order valence-electron chi connectivity index (χ0n) is 16.0. The van der Waals surface area contributed by atoms with Crippen LogP contribution in [-0.4, -0.2) is 59.2 Å². The summed E-state index contributed by atoms with van der Waals surface area (Å²) in [5, 5.41) is 21.9. The van der Waals surface area contributed by atoms with Crippen molar-refractivity contribution in [2.45, 2.75) is 30.7 Å². The molecule has 0 spiro atoms. The lowest BCUT2D eigenvalue weighted by atomic mass is 9.79. The minimum atomic E-state index is -3.08. The van der Waals surface area contributed by atoms with Gasteiger partial charge in [0.05, 0.1) is 24.9 Å². The van der Waals surface area contributed by atoms with E-state index in [0.29, 0.717) is 16.5 Å². The van der Waals surface area contributed by atoms with E-state index in [1.54, 1.807) is 24.3 Å². The number of carbonyl (C=O) groups excluding carboxylic acids is 2. The summed E-state index contributed by atoms with van der Waals surface area (Å²) in [4.78, 5) is 25.0. The number of amides is 2. The molecule has 2 aromatic rings. The van der Waals surface area contributed by atoms with Crippen LogP contribution in [0.15, 0.2) is 47.6 Å². The molecule has 3 rings (SSSR count). The molecule has 2 heterocycles. The Labute approximate surface area is 171 Å². The minimum Gasteiger partial charge on any atom is -0.464 e. The molecule has 0 radical (unpaired) electrons. The lowest BCUT2D eigenvalue weighted by molar-refractivity contribution is -0.128. The average molecular weight is 422 g/mol. The van der Waals surface area contributed by atoms with Gasteiger partial charge < -0.3 is 29.4 Å². The normalized spacial score (nSPS) is 18.8. The van der Waals surface area contributed by atoms with Gasteiger partial charge >= 0.3 is 13.2 Å². The van der Waals surface area contributed by atoms with Gasteiger partial charge in [0.25, 0.3) is 5.92 Å². The summed E-state index contributed by atoms with van der Waals surface area (Å²) >= 11 is 0. The van der Waals surface area contributed by atoms with Crippen molar-refractivity contribution in [1.82, 2.24) is 10.2 Å². The fraction of sp³-hybridized carbons (Fsp3) is 0.368. The van der Waals surface area contributed by atoms with E-state index < -0.39 is 56.7 Å². The third kappa shape index (κ3) is 4.97. The molecule has 3 N–H and O–H groups in total. The molecule has 11 heteroatoms. The molecule has 160 valence electrons. The third-order valence-electron chi connectivity index (χ3n) is 4.87. The number of benzene rings is 1. The Kier molecular flexibility index (Phi) is 6.42. The van der Waals surface area contributed by atoms with Gasteiger partial charge in [0.1, 0.15) is 12.2 Å². The van der Waals surface area contributed by atoms with Crippen molar-refractivity contribution in [3.8, 4) is 0 Å². The number of alkyl carbamates (subject to hydrolysis) is 1. The van der Waals surface area contributed by atoms with E-state index >= 15 is 0 Å². The Morgan fingerprint density at radius 3 is 2.87 bits per heavy atom. The summed E-state index contributed by atoms with van der Waals surface area (Å²) in [5.74, 6) is -3.75. The summed E-state index contributed by atoms with van der Waals surface area (Å²) in [6, 6.07) is 5.13. The Bertz CT molecular complexity index is 935. The monoisotopic (exact) mass is 422 g/mol. The predicted molar refractivity (Wildman–Crippen MR) is 104 cm³/mol. The molecule has 1 saturated heterocycles. The molecular formula is C19H21BF2N2O6. The number of ether oxygens (including phenoxy) is 1. The first-order valence-electron chi connectivity index (χ1n) is 9.26. The first-order valence-corrected chi connectivity index (χ1v) is 9.26. The summed E-state index contributed by atoms with van der Waals surface area (Å²) in [5.41, 5.74) is 1.05. The molecule has 1 aliphatic rings. The molecule has 2 amide bonds. The second kappa shape index (κ2) is 8.84. The second-order valence-corrected chi connectivity index (χ2v) is 7.08. The maximum atomic E-state index is 13.7. The van der Waals surface area contributed by atoms with Crippen LogP contribution in [0.2, 0.25) is 6.32 Å². The highest BCUT2D eigenvalue weighted by Crippen LogP contribution is 2.33. The number of fused-ring (bicyclic) bond motifs is 1. The van der Waals surface area contributed by atoms with E-state index in [-0.39, 0.29) is 6.32 Å². The summed E-state index contributed by atoms with van der Waals surface area (Å²) < 4.78 is 37.9. The zero-order valence-corrected chi connectivity index (χ0v) is 16.0. The quantitative estimate of drug-likeness (QED) is 0.466. The van der Waals surface area contributed by atoms with Gasteiger partial charge in [0.2, 0.25) is 5.91 Å². The van der Waals surface area contributed by atoms with E-state index in [1.807, 2.05) is 0 Å². The van der Waals surface area contributed by atoms with Gasteiger partial charge in [-0.3, -0.25) is 4.79 Å². The van der Waals surface area contributed by atoms with E-state index in [2.05, 4.69) is 11.9 Å². The van der Waals surface area contributed by atoms with Crippen molar-refractivity contribution in [2.24, 2.45) is 0 Å². The topological polar surface area (TPSA) is 112 Å². The number of para-hydroxylation sites is 1. The molecule has 0 unspecified atom stereocenters. The Morgan fingerprint density at radius 1 is 1.43 bits per heavy atom. The first-order chi connectivity index (χ1) is 14.2. The van der Waals surface area contributed by atoms with Crippen molar-refractivity contribution >= 4 is 30.1 Å². The molecule has 1 fully saturated rings. The fourth-order valence-corrected chi connectivity index (χ4v) is 3.52. The molecule has 1 aromatic heterocycles. The summed E-state index contributed by atoms with van der Waals surface area (Å²) in [7, 11) is -1.72. The number of rotatable bonds is 7. The van der Waals surface area contributed by atoms with Gasteiger partial charge in [-0.25, -0.2) is 13.6 Å². The van der Waals surface area contributed by atoms with Gasteiger partial charge in [-0.2, -0.15) is 0 Å². The van der Waals surface area contributed by atoms with E-state index in [0.717, 1.165) is 11.0 Å². The largest absolute Gasteiger partial charge is 0.464 e. The van der Waals surface area contributed by atoms with Crippen LogP contribution < -0.4 is 5.32 Å². The van der Waals surface area contributed by atoms with Crippen molar-refractivity contribution in [2.75, 3.05) is 13.2 Å². The van der Waals surface area contributed by atoms with Crippen LogP contribution in [-0.2, 0) is 9.53 Å². The number of hydrogen-bond donors (Lipinski definition) is 3. The molecular weight excluding hydrogens is 401 g/mol. The lowest BCUT2D eigenvalue weighted by Crippen LogP contribution is -2.40. The molecule has 0 aliphatic carbocycles. The van der Waals surface area contributed by atoms with Crippen LogP contribution in [0.25, 0.3) is 11.0 Å². The van der Waals surface area contributed by atoms with Gasteiger partial charge in [-0.1, -0.05) is 24.8 Å². The molecule has 1 aromatic carbocycles. The Morgan fingerprint density at radius 2 is 2.17 bits per heavy atom. The molecule has 30 heavy (non-hydrogen) atoms. The number of hydrogen-bond acceptors (Lipinski definition) is 6. The van der Waals surface area contributed by atoms with Gasteiger partial charge in [-0.15, -0.1) is 0 Å². The highest BCUT2D eigenvalue weighted by Gasteiger charge is 2.46. The van der Waals surface area contributed by atoms with Crippen LogP contribution in [0, 0.1) is 0 Å². The molecule has 2 atom stereocenters. The van der Waals surface area contributed by atoms with Crippen LogP contribution in [0.1, 0.15) is 18.0 Å². The van der Waals surface area contributed by atoms with Crippen LogP contribution in [0.3, 0.4) is 0 Å². The standard InChI is InChI=1S/C19H21BF2N2O6/c1-2-17(25)24-11-19(21,22)7-12(24)9-30-18(26)23-15(8-20(27)28)14-10-29-16-6-4-3-5-13(14)16/h2-6,10,12,15,27-28H,1,7-9,11H2,(H,23,26)/t12-,15-/m1/s1. The SMILES string of the molecule is C=CC(=O)N1CC(F)(F)C[C@@H]1COC(=O)N[C@H](CB(O)O)c1coc2ccccc12. The number of likely N-dealkylation sites (tertiary alicyclic amines) is 1. The summed E-state index contributed by atoms with van der Waals surface area (Å²) in [6.45, 7) is 2.08. The van der Waals surface area contributed by atoms with E-state index in [4.69, 9.17) is 9.15 Å². The van der Waals surface area contributed by atoms with Crippen molar-refractivity contribution < 1.29 is 37.6 Å². The Hall–Kier alpha value is -2.92. The minimum absolute atomic E-state index is 0.249. The average Bonchev–Trinajstić information content (AvgIpc) is 3.25. The van der Waals surface area contributed by atoms with Crippen LogP contribution in [0.4, 0.5) is 13.6 Å². The number of halogens is 2. The zero-order chi connectivity index (χ0) is 21.9. The number of nitrogens with one attached hydrogen (secondary N) is 1. The highest BCUT2D eigenvalue weighted by molar-refractivity contribution is 6.41. The van der Waals surface area contributed by atoms with Crippen molar-refractivity contribution in [3.05, 3.63) is 48.7 Å². The van der Waals surface area contributed by atoms with Crippen LogP contribution >= 0.6 is 0 Å². The maximum absolute atomic E-state index is 13.7. The molecule has 8 nitrogen and oxygen atoms in total. The molecule has 1 aliphatic heterocycles. The van der Waals surface area contributed by atoms with Crippen molar-refractivity contribution in [1.29, 1.82) is 0 Å². The predicted octanol–water partition coefficient (Wildman–Crippen LogP) is 2.10. The smallest absolute Gasteiger partial charge is 0.453 e. The number of carbonyl (C=O) groups is 2. The fourth-order valence-electron chi connectivity index (χ4n) is 3.52. The number of furan rings is 1. The Balaban J connectivity index is 1.68. The lowest BCUT2D eigenvalue weighted by Gasteiger charge is -2.23.